The summed E-state index contributed by atoms with van der Waals surface area (Å²) in [7, 11) is 0. The molecule has 2 aromatic rings. The van der Waals surface area contributed by atoms with Gasteiger partial charge in [0.25, 0.3) is 0 Å². The Bertz CT molecular complexity index is 465. The summed E-state index contributed by atoms with van der Waals surface area (Å²) in [5.74, 6) is 2.10. The summed E-state index contributed by atoms with van der Waals surface area (Å²) in [6.07, 6.45) is 3.40. The molecule has 0 saturated heterocycles. The van der Waals surface area contributed by atoms with Crippen LogP contribution in [0.4, 0.5) is 0 Å². The Morgan fingerprint density at radius 2 is 1.82 bits per heavy atom. The van der Waals surface area contributed by atoms with Gasteiger partial charge in [-0.2, -0.15) is 0 Å². The zero-order valence-corrected chi connectivity index (χ0v) is 9.37. The zero-order chi connectivity index (χ0) is 11.9. The molecule has 17 heavy (non-hydrogen) atoms. The largest absolute Gasteiger partial charge is 0.490 e. The van der Waals surface area contributed by atoms with Crippen LogP contribution in [-0.4, -0.2) is 11.6 Å². The van der Waals surface area contributed by atoms with Crippen molar-refractivity contribution in [2.24, 2.45) is 0 Å². The van der Waals surface area contributed by atoms with E-state index in [1.807, 2.05) is 42.5 Å². The summed E-state index contributed by atoms with van der Waals surface area (Å²) in [6.45, 7) is 4.09. The highest BCUT2D eigenvalue weighted by Crippen LogP contribution is 2.21. The van der Waals surface area contributed by atoms with Crippen molar-refractivity contribution >= 4 is 0 Å². The van der Waals surface area contributed by atoms with Gasteiger partial charge in [0.2, 0.25) is 5.88 Å². The van der Waals surface area contributed by atoms with E-state index in [1.54, 1.807) is 12.3 Å². The monoisotopic (exact) mass is 227 g/mol. The number of nitrogens with zero attached hydrogens (tertiary/aromatic N) is 1. The highest BCUT2D eigenvalue weighted by Gasteiger charge is 1.98. The summed E-state index contributed by atoms with van der Waals surface area (Å²) in [5, 5.41) is 0. The Balaban J connectivity index is 2.01. The number of benzene rings is 1. The first kappa shape index (κ1) is 11.2. The van der Waals surface area contributed by atoms with E-state index in [2.05, 4.69) is 11.6 Å². The molecule has 2 rings (SSSR count). The lowest BCUT2D eigenvalue weighted by Crippen LogP contribution is -1.92. The minimum Gasteiger partial charge on any atom is -0.490 e. The van der Waals surface area contributed by atoms with Crippen LogP contribution in [0.15, 0.2) is 61.3 Å². The van der Waals surface area contributed by atoms with Gasteiger partial charge in [0.1, 0.15) is 18.1 Å². The van der Waals surface area contributed by atoms with Crippen LogP contribution in [0, 0.1) is 0 Å². The Labute approximate surface area is 100 Å². The first-order valence-electron chi connectivity index (χ1n) is 5.31. The minimum absolute atomic E-state index is 0.500. The second-order valence-electron chi connectivity index (χ2n) is 3.34. The summed E-state index contributed by atoms with van der Waals surface area (Å²) in [4.78, 5) is 4.08. The summed E-state index contributed by atoms with van der Waals surface area (Å²) in [6, 6.07) is 12.9. The Morgan fingerprint density at radius 1 is 1.06 bits per heavy atom. The number of rotatable bonds is 5. The van der Waals surface area contributed by atoms with E-state index in [0.29, 0.717) is 12.5 Å². The van der Waals surface area contributed by atoms with Crippen molar-refractivity contribution in [3.05, 3.63) is 61.3 Å². The molecule has 0 spiro atoms. The fourth-order valence-electron chi connectivity index (χ4n) is 1.29. The smallest absolute Gasteiger partial charge is 0.219 e. The Morgan fingerprint density at radius 3 is 2.47 bits per heavy atom. The number of pyridine rings is 1. The molecule has 0 fully saturated rings. The van der Waals surface area contributed by atoms with Gasteiger partial charge in [0.15, 0.2) is 0 Å². The summed E-state index contributed by atoms with van der Waals surface area (Å²) >= 11 is 0. The van der Waals surface area contributed by atoms with Gasteiger partial charge in [-0.25, -0.2) is 4.98 Å². The lowest BCUT2D eigenvalue weighted by molar-refractivity contribution is 0.362. The molecule has 1 aromatic heterocycles. The van der Waals surface area contributed by atoms with Crippen LogP contribution in [0.5, 0.6) is 17.4 Å². The maximum absolute atomic E-state index is 5.55. The molecule has 0 aliphatic heterocycles. The van der Waals surface area contributed by atoms with Crippen molar-refractivity contribution < 1.29 is 9.47 Å². The molecular formula is C14H13NO2. The highest BCUT2D eigenvalue weighted by atomic mass is 16.5. The van der Waals surface area contributed by atoms with Crippen LogP contribution in [0.2, 0.25) is 0 Å². The molecule has 3 heteroatoms. The maximum Gasteiger partial charge on any atom is 0.219 e. The Kier molecular flexibility index (Phi) is 3.76. The van der Waals surface area contributed by atoms with Crippen LogP contribution < -0.4 is 9.47 Å². The van der Waals surface area contributed by atoms with E-state index in [0.717, 1.165) is 11.5 Å². The van der Waals surface area contributed by atoms with Crippen molar-refractivity contribution in [1.29, 1.82) is 0 Å². The predicted octanol–water partition coefficient (Wildman–Crippen LogP) is 3.44. The van der Waals surface area contributed by atoms with Crippen molar-refractivity contribution in [3.63, 3.8) is 0 Å². The molecule has 0 saturated carbocycles. The van der Waals surface area contributed by atoms with E-state index >= 15 is 0 Å². The average Bonchev–Trinajstić information content (AvgIpc) is 2.39. The second kappa shape index (κ2) is 5.70. The normalized spacial score (nSPS) is 9.65. The maximum atomic E-state index is 5.55. The zero-order valence-electron chi connectivity index (χ0n) is 9.37. The van der Waals surface area contributed by atoms with Crippen molar-refractivity contribution in [2.45, 2.75) is 0 Å². The molecule has 0 aliphatic rings. The van der Waals surface area contributed by atoms with Crippen LogP contribution >= 0.6 is 0 Å². The molecular weight excluding hydrogens is 214 g/mol. The number of ether oxygens (including phenoxy) is 2. The van der Waals surface area contributed by atoms with Gasteiger partial charge in [-0.05, 0) is 30.3 Å². The molecule has 1 aromatic carbocycles. The van der Waals surface area contributed by atoms with Gasteiger partial charge in [0.05, 0.1) is 0 Å². The molecule has 0 aliphatic carbocycles. The standard InChI is InChI=1S/C14H13NO2/c1-2-11-16-12-6-8-13(9-7-12)17-14-5-3-4-10-15-14/h2-10H,1,11H2. The van der Waals surface area contributed by atoms with E-state index in [9.17, 15) is 0 Å². The molecule has 86 valence electrons. The average molecular weight is 227 g/mol. The first-order chi connectivity index (χ1) is 8.38. The van der Waals surface area contributed by atoms with Crippen LogP contribution in [0.1, 0.15) is 0 Å². The lowest BCUT2D eigenvalue weighted by atomic mass is 10.3. The van der Waals surface area contributed by atoms with Gasteiger partial charge >= 0.3 is 0 Å². The van der Waals surface area contributed by atoms with Crippen LogP contribution in [-0.2, 0) is 0 Å². The number of hydrogen-bond donors (Lipinski definition) is 0. The highest BCUT2D eigenvalue weighted by molar-refractivity contribution is 5.33. The molecule has 0 unspecified atom stereocenters. The molecule has 0 radical (unpaired) electrons. The van der Waals surface area contributed by atoms with E-state index < -0.39 is 0 Å². The second-order valence-corrected chi connectivity index (χ2v) is 3.34. The quantitative estimate of drug-likeness (QED) is 0.733. The van der Waals surface area contributed by atoms with Gasteiger partial charge in [-0.15, -0.1) is 0 Å². The van der Waals surface area contributed by atoms with Crippen molar-refractivity contribution in [2.75, 3.05) is 6.61 Å². The number of hydrogen-bond acceptors (Lipinski definition) is 3. The van der Waals surface area contributed by atoms with Gasteiger partial charge in [-0.1, -0.05) is 18.7 Å². The molecule has 0 bridgehead atoms. The van der Waals surface area contributed by atoms with Crippen molar-refractivity contribution in [1.82, 2.24) is 4.98 Å². The van der Waals surface area contributed by atoms with E-state index in [-0.39, 0.29) is 0 Å². The first-order valence-corrected chi connectivity index (χ1v) is 5.31. The van der Waals surface area contributed by atoms with Crippen molar-refractivity contribution in [3.8, 4) is 17.4 Å². The van der Waals surface area contributed by atoms with Crippen LogP contribution in [0.25, 0.3) is 0 Å². The van der Waals surface area contributed by atoms with Gasteiger partial charge in [0, 0.05) is 12.3 Å². The van der Waals surface area contributed by atoms with Gasteiger partial charge in [-0.3, -0.25) is 0 Å². The molecule has 0 N–H and O–H groups in total. The fraction of sp³-hybridized carbons (Fsp3) is 0.0714. The predicted molar refractivity (Wildman–Crippen MR) is 66.4 cm³/mol. The molecule has 0 atom stereocenters. The van der Waals surface area contributed by atoms with Gasteiger partial charge < -0.3 is 9.47 Å². The number of aromatic nitrogens is 1. The Hall–Kier alpha value is -2.29. The lowest BCUT2D eigenvalue weighted by Gasteiger charge is -2.06. The third-order valence-corrected chi connectivity index (χ3v) is 2.05. The van der Waals surface area contributed by atoms with E-state index in [4.69, 9.17) is 9.47 Å². The third-order valence-electron chi connectivity index (χ3n) is 2.05. The SMILES string of the molecule is C=CCOc1ccc(Oc2ccccn2)cc1. The topological polar surface area (TPSA) is 31.4 Å². The minimum atomic E-state index is 0.500. The summed E-state index contributed by atoms with van der Waals surface area (Å²) < 4.78 is 10.9. The third kappa shape index (κ3) is 3.34. The van der Waals surface area contributed by atoms with E-state index in [1.165, 1.54) is 0 Å². The summed E-state index contributed by atoms with van der Waals surface area (Å²) in [5.41, 5.74) is 0. The fourth-order valence-corrected chi connectivity index (χ4v) is 1.29. The molecule has 1 heterocycles. The molecule has 0 amide bonds. The van der Waals surface area contributed by atoms with Crippen LogP contribution in [0.3, 0.4) is 0 Å². The molecule has 3 nitrogen and oxygen atoms in total.